The highest BCUT2D eigenvalue weighted by atomic mass is 32.1. The van der Waals surface area contributed by atoms with Gasteiger partial charge in [0.15, 0.2) is 16.6 Å². The molecule has 0 aromatic heterocycles. The minimum absolute atomic E-state index is 0.142. The third-order valence-electron chi connectivity index (χ3n) is 4.01. The second-order valence-corrected chi connectivity index (χ2v) is 6.34. The average Bonchev–Trinajstić information content (AvgIpc) is 2.71. The molecule has 0 heterocycles. The van der Waals surface area contributed by atoms with Gasteiger partial charge in [-0.05, 0) is 55.0 Å². The molecule has 2 aromatic rings. The van der Waals surface area contributed by atoms with Crippen LogP contribution in [0.1, 0.15) is 18.1 Å². The zero-order valence-electron chi connectivity index (χ0n) is 16.6. The summed E-state index contributed by atoms with van der Waals surface area (Å²) in [5, 5.41) is 16.6. The fraction of sp³-hybridized carbons (Fsp3) is 0.250. The van der Waals surface area contributed by atoms with Gasteiger partial charge in [-0.25, -0.2) is 0 Å². The summed E-state index contributed by atoms with van der Waals surface area (Å²) < 4.78 is 15.7. The van der Waals surface area contributed by atoms with E-state index in [-0.39, 0.29) is 11.5 Å². The van der Waals surface area contributed by atoms with Gasteiger partial charge >= 0.3 is 5.97 Å². The van der Waals surface area contributed by atoms with E-state index in [9.17, 15) is 4.79 Å². The van der Waals surface area contributed by atoms with E-state index < -0.39 is 5.97 Å². The third-order valence-corrected chi connectivity index (χ3v) is 4.20. The second-order valence-electron chi connectivity index (χ2n) is 5.93. The predicted octanol–water partition coefficient (Wildman–Crippen LogP) is 3.05. The van der Waals surface area contributed by atoms with Gasteiger partial charge < -0.3 is 24.6 Å². The predicted molar refractivity (Wildman–Crippen MR) is 115 cm³/mol. The van der Waals surface area contributed by atoms with E-state index in [1.807, 2.05) is 0 Å². The fourth-order valence-electron chi connectivity index (χ4n) is 2.58. The summed E-state index contributed by atoms with van der Waals surface area (Å²) in [6.45, 7) is 1.79. The van der Waals surface area contributed by atoms with Crippen LogP contribution in [0.4, 0.5) is 5.69 Å². The molecular weight excluding hydrogens is 394 g/mol. The number of benzene rings is 2. The maximum atomic E-state index is 11.1. The Labute approximate surface area is 174 Å². The molecule has 29 heavy (non-hydrogen) atoms. The lowest BCUT2D eigenvalue weighted by atomic mass is 10.0. The molecular formula is C20H23N3O5S. The Morgan fingerprint density at radius 1 is 1.03 bits per heavy atom. The molecule has 0 fully saturated rings. The topological polar surface area (TPSA) is 101 Å². The largest absolute Gasteiger partial charge is 0.496 e. The highest BCUT2D eigenvalue weighted by Crippen LogP contribution is 2.29. The molecule has 0 saturated carbocycles. The number of methoxy groups -OCH3 is 3. The Hall–Kier alpha value is -3.33. The van der Waals surface area contributed by atoms with Crippen molar-refractivity contribution in [2.24, 2.45) is 5.10 Å². The second kappa shape index (κ2) is 10.3. The number of ether oxygens (including phenoxy) is 3. The summed E-state index contributed by atoms with van der Waals surface area (Å²) in [6.07, 6.45) is -0.142. The van der Waals surface area contributed by atoms with Crippen LogP contribution >= 0.6 is 12.2 Å². The zero-order chi connectivity index (χ0) is 21.4. The molecule has 0 aliphatic rings. The summed E-state index contributed by atoms with van der Waals surface area (Å²) in [7, 11) is 4.62. The van der Waals surface area contributed by atoms with Gasteiger partial charge in [0.05, 0.1) is 33.5 Å². The Morgan fingerprint density at radius 2 is 1.69 bits per heavy atom. The van der Waals surface area contributed by atoms with E-state index in [1.165, 1.54) is 7.11 Å². The molecule has 0 saturated heterocycles. The number of thiocarbonyl (C=S) groups is 1. The van der Waals surface area contributed by atoms with Crippen LogP contribution < -0.4 is 25.0 Å². The summed E-state index contributed by atoms with van der Waals surface area (Å²) in [4.78, 5) is 11.1. The molecule has 0 unspecified atom stereocenters. The van der Waals surface area contributed by atoms with Crippen molar-refractivity contribution in [3.05, 3.63) is 47.5 Å². The molecule has 0 atom stereocenters. The molecule has 9 heteroatoms. The molecule has 154 valence electrons. The van der Waals surface area contributed by atoms with Gasteiger partial charge in [0, 0.05) is 17.3 Å². The van der Waals surface area contributed by atoms with E-state index in [0.717, 1.165) is 5.56 Å². The maximum Gasteiger partial charge on any atom is 0.307 e. The smallest absolute Gasteiger partial charge is 0.307 e. The van der Waals surface area contributed by atoms with Gasteiger partial charge in [-0.1, -0.05) is 0 Å². The lowest BCUT2D eigenvalue weighted by Gasteiger charge is -2.12. The van der Waals surface area contributed by atoms with Crippen LogP contribution in [0.5, 0.6) is 17.2 Å². The summed E-state index contributed by atoms with van der Waals surface area (Å²) in [6, 6.07) is 10.6. The number of aliphatic carboxylic acids is 1. The van der Waals surface area contributed by atoms with Crippen molar-refractivity contribution < 1.29 is 24.1 Å². The first-order valence-corrected chi connectivity index (χ1v) is 9.01. The normalized spacial score (nSPS) is 10.8. The van der Waals surface area contributed by atoms with E-state index in [0.29, 0.717) is 34.2 Å². The van der Waals surface area contributed by atoms with Crippen molar-refractivity contribution in [3.8, 4) is 17.2 Å². The van der Waals surface area contributed by atoms with Gasteiger partial charge in [0.25, 0.3) is 0 Å². The standard InChI is InChI=1S/C20H23N3O5S/c1-12(13-5-7-16(26-2)14(9-13)10-19(24)25)22-23-20(29)21-15-6-8-17(27-3)18(11-15)28-4/h5-9,11H,10H2,1-4H3,(H,24,25)(H2,21,23,29)/b22-12-. The molecule has 3 N–H and O–H groups in total. The first-order valence-electron chi connectivity index (χ1n) is 8.60. The molecule has 8 nitrogen and oxygen atoms in total. The van der Waals surface area contributed by atoms with E-state index in [4.69, 9.17) is 31.5 Å². The van der Waals surface area contributed by atoms with Crippen LogP contribution in [-0.2, 0) is 11.2 Å². The van der Waals surface area contributed by atoms with Crippen LogP contribution in [-0.4, -0.2) is 43.2 Å². The van der Waals surface area contributed by atoms with Crippen molar-refractivity contribution in [1.29, 1.82) is 0 Å². The number of nitrogens with one attached hydrogen (secondary N) is 2. The van der Waals surface area contributed by atoms with Crippen molar-refractivity contribution in [3.63, 3.8) is 0 Å². The molecule has 2 rings (SSSR count). The van der Waals surface area contributed by atoms with Crippen LogP contribution in [0.2, 0.25) is 0 Å². The summed E-state index contributed by atoms with van der Waals surface area (Å²) >= 11 is 5.27. The molecule has 2 aromatic carbocycles. The molecule has 0 amide bonds. The Morgan fingerprint density at radius 3 is 2.31 bits per heavy atom. The lowest BCUT2D eigenvalue weighted by Crippen LogP contribution is -2.25. The summed E-state index contributed by atoms with van der Waals surface area (Å²) in [5.41, 5.74) is 5.44. The lowest BCUT2D eigenvalue weighted by molar-refractivity contribution is -0.136. The van der Waals surface area contributed by atoms with Crippen LogP contribution in [0.3, 0.4) is 0 Å². The molecule has 0 spiro atoms. The van der Waals surface area contributed by atoms with Gasteiger partial charge in [-0.3, -0.25) is 10.2 Å². The van der Waals surface area contributed by atoms with Crippen LogP contribution in [0.25, 0.3) is 0 Å². The Balaban J connectivity index is 2.09. The fourth-order valence-corrected chi connectivity index (χ4v) is 2.74. The number of rotatable bonds is 8. The number of carbonyl (C=O) groups is 1. The highest BCUT2D eigenvalue weighted by molar-refractivity contribution is 7.80. The molecule has 0 bridgehead atoms. The molecule has 0 aliphatic carbocycles. The number of anilines is 1. The Kier molecular flexibility index (Phi) is 7.79. The molecule has 0 radical (unpaired) electrons. The van der Waals surface area contributed by atoms with Crippen molar-refractivity contribution in [2.45, 2.75) is 13.3 Å². The minimum Gasteiger partial charge on any atom is -0.496 e. The first kappa shape index (κ1) is 22.0. The van der Waals surface area contributed by atoms with Crippen LogP contribution in [0.15, 0.2) is 41.5 Å². The number of nitrogens with zero attached hydrogens (tertiary/aromatic N) is 1. The minimum atomic E-state index is -0.937. The average molecular weight is 417 g/mol. The highest BCUT2D eigenvalue weighted by Gasteiger charge is 2.10. The number of hydrogen-bond donors (Lipinski definition) is 3. The monoisotopic (exact) mass is 417 g/mol. The van der Waals surface area contributed by atoms with Gasteiger partial charge in [-0.15, -0.1) is 0 Å². The number of carboxylic acids is 1. The maximum absolute atomic E-state index is 11.1. The van der Waals surface area contributed by atoms with E-state index >= 15 is 0 Å². The first-order chi connectivity index (χ1) is 13.9. The van der Waals surface area contributed by atoms with Gasteiger partial charge in [-0.2, -0.15) is 5.10 Å². The number of hydrazone groups is 1. The van der Waals surface area contributed by atoms with Crippen molar-refractivity contribution in [2.75, 3.05) is 26.6 Å². The van der Waals surface area contributed by atoms with Crippen molar-refractivity contribution in [1.82, 2.24) is 5.43 Å². The zero-order valence-corrected chi connectivity index (χ0v) is 17.4. The van der Waals surface area contributed by atoms with Gasteiger partial charge in [0.2, 0.25) is 0 Å². The third kappa shape index (κ3) is 6.08. The van der Waals surface area contributed by atoms with E-state index in [1.54, 1.807) is 57.5 Å². The van der Waals surface area contributed by atoms with Crippen molar-refractivity contribution >= 4 is 34.7 Å². The number of carboxylic acid groups (broad SMARTS) is 1. The molecule has 0 aliphatic heterocycles. The van der Waals surface area contributed by atoms with E-state index in [2.05, 4.69) is 15.8 Å². The SMILES string of the molecule is COc1ccc(/C(C)=N\NC(=S)Nc2ccc(OC)c(OC)c2)cc1CC(=O)O. The quantitative estimate of drug-likeness (QED) is 0.342. The summed E-state index contributed by atoms with van der Waals surface area (Å²) in [5.74, 6) is 0.766. The van der Waals surface area contributed by atoms with Gasteiger partial charge in [0.1, 0.15) is 5.75 Å². The van der Waals surface area contributed by atoms with Crippen LogP contribution in [0, 0.1) is 0 Å². The Bertz CT molecular complexity index is 930. The number of hydrogen-bond acceptors (Lipinski definition) is 6.